The van der Waals surface area contributed by atoms with E-state index in [1.54, 1.807) is 7.11 Å². The van der Waals surface area contributed by atoms with Gasteiger partial charge in [0.1, 0.15) is 24.8 Å². The Labute approximate surface area is 163 Å². The number of amides is 1. The summed E-state index contributed by atoms with van der Waals surface area (Å²) in [6.07, 6.45) is 0. The number of methoxy groups -OCH3 is 1. The first kappa shape index (κ1) is 18.2. The van der Waals surface area contributed by atoms with Crippen molar-refractivity contribution in [1.82, 2.24) is 19.1 Å². The van der Waals surface area contributed by atoms with E-state index in [0.29, 0.717) is 6.61 Å². The maximum Gasteiger partial charge on any atom is 0.244 e. The number of nitrogens with zero attached hydrogens (tertiary/aromatic N) is 4. The molecule has 0 radical (unpaired) electrons. The number of aromatic nitrogens is 4. The van der Waals surface area contributed by atoms with Crippen LogP contribution in [0.1, 0.15) is 18.6 Å². The number of fused-ring (bicyclic) bond motifs is 2. The van der Waals surface area contributed by atoms with Crippen molar-refractivity contribution in [2.45, 2.75) is 33.5 Å². The van der Waals surface area contributed by atoms with E-state index in [1.165, 1.54) is 0 Å². The summed E-state index contributed by atoms with van der Waals surface area (Å²) in [5, 5.41) is 2.98. The van der Waals surface area contributed by atoms with Gasteiger partial charge in [0.15, 0.2) is 0 Å². The largest absolute Gasteiger partial charge is 0.377 e. The predicted octanol–water partition coefficient (Wildman–Crippen LogP) is 3.50. The Balaban J connectivity index is 1.59. The molecule has 1 amide bonds. The lowest BCUT2D eigenvalue weighted by atomic mass is 10.2. The van der Waals surface area contributed by atoms with E-state index < -0.39 is 0 Å². The summed E-state index contributed by atoms with van der Waals surface area (Å²) in [5.74, 6) is 1.58. The van der Waals surface area contributed by atoms with E-state index in [2.05, 4.69) is 26.8 Å². The van der Waals surface area contributed by atoms with Crippen LogP contribution < -0.4 is 5.32 Å². The van der Waals surface area contributed by atoms with E-state index in [0.717, 1.165) is 45.9 Å². The maximum atomic E-state index is 12.7. The average molecular weight is 377 g/mol. The van der Waals surface area contributed by atoms with Crippen LogP contribution in [0.3, 0.4) is 0 Å². The third-order valence-corrected chi connectivity index (χ3v) is 4.85. The Morgan fingerprint density at radius 2 is 1.86 bits per heavy atom. The summed E-state index contributed by atoms with van der Waals surface area (Å²) in [6, 6.07) is 13.6. The van der Waals surface area contributed by atoms with Gasteiger partial charge in [-0.05, 0) is 44.2 Å². The molecule has 0 atom stereocenters. The highest BCUT2D eigenvalue weighted by molar-refractivity contribution is 5.94. The van der Waals surface area contributed by atoms with E-state index in [1.807, 2.05) is 54.0 Å². The number of nitrogens with one attached hydrogen (secondary N) is 1. The van der Waals surface area contributed by atoms with Crippen molar-refractivity contribution in [3.8, 4) is 0 Å². The highest BCUT2D eigenvalue weighted by Gasteiger charge is 2.14. The molecule has 2 aromatic heterocycles. The average Bonchev–Trinajstić information content (AvgIpc) is 3.18. The first-order valence-corrected chi connectivity index (χ1v) is 9.30. The molecule has 2 heterocycles. The fourth-order valence-electron chi connectivity index (χ4n) is 3.61. The SMILES string of the molecule is CCn1c(C)nc2cc(NC(=O)Cn3c(COC)nc4ccccc43)ccc21. The topological polar surface area (TPSA) is 74.0 Å². The van der Waals surface area contributed by atoms with Crippen molar-refractivity contribution in [3.05, 3.63) is 54.1 Å². The summed E-state index contributed by atoms with van der Waals surface area (Å²) in [7, 11) is 1.62. The second-order valence-corrected chi connectivity index (χ2v) is 6.69. The molecule has 0 saturated carbocycles. The zero-order chi connectivity index (χ0) is 19.7. The van der Waals surface area contributed by atoms with E-state index >= 15 is 0 Å². The first-order valence-electron chi connectivity index (χ1n) is 9.30. The number of hydrogen-bond donors (Lipinski definition) is 1. The minimum absolute atomic E-state index is 0.119. The van der Waals surface area contributed by atoms with Crippen molar-refractivity contribution in [2.75, 3.05) is 12.4 Å². The Morgan fingerprint density at radius 3 is 2.64 bits per heavy atom. The number of carbonyl (C=O) groups excluding carboxylic acids is 1. The molecule has 0 bridgehead atoms. The lowest BCUT2D eigenvalue weighted by Gasteiger charge is -2.10. The summed E-state index contributed by atoms with van der Waals surface area (Å²) < 4.78 is 9.28. The molecule has 0 unspecified atom stereocenters. The van der Waals surface area contributed by atoms with Gasteiger partial charge in [-0.1, -0.05) is 12.1 Å². The van der Waals surface area contributed by atoms with Crippen LogP contribution in [0.5, 0.6) is 0 Å². The van der Waals surface area contributed by atoms with Crippen molar-refractivity contribution >= 4 is 33.7 Å². The highest BCUT2D eigenvalue weighted by Crippen LogP contribution is 2.21. The molecule has 0 aliphatic heterocycles. The molecule has 7 heteroatoms. The predicted molar refractivity (Wildman–Crippen MR) is 109 cm³/mol. The molecular weight excluding hydrogens is 354 g/mol. The molecule has 0 spiro atoms. The molecule has 144 valence electrons. The third kappa shape index (κ3) is 3.25. The van der Waals surface area contributed by atoms with Gasteiger partial charge in [-0.3, -0.25) is 4.79 Å². The van der Waals surface area contributed by atoms with Crippen LogP contribution in [0.25, 0.3) is 22.1 Å². The second kappa shape index (κ2) is 7.44. The van der Waals surface area contributed by atoms with Crippen LogP contribution in [-0.2, 0) is 29.2 Å². The Hall–Kier alpha value is -3.19. The minimum Gasteiger partial charge on any atom is -0.377 e. The number of aryl methyl sites for hydroxylation is 2. The Bertz CT molecular complexity index is 1160. The quantitative estimate of drug-likeness (QED) is 0.558. The van der Waals surface area contributed by atoms with E-state index in [9.17, 15) is 4.79 Å². The van der Waals surface area contributed by atoms with Gasteiger partial charge in [-0.15, -0.1) is 0 Å². The van der Waals surface area contributed by atoms with E-state index in [-0.39, 0.29) is 12.5 Å². The van der Waals surface area contributed by atoms with Gasteiger partial charge in [0, 0.05) is 19.3 Å². The van der Waals surface area contributed by atoms with Gasteiger partial charge >= 0.3 is 0 Å². The lowest BCUT2D eigenvalue weighted by Crippen LogP contribution is -2.20. The molecule has 0 fully saturated rings. The molecule has 0 aliphatic carbocycles. The van der Waals surface area contributed by atoms with Crippen molar-refractivity contribution in [3.63, 3.8) is 0 Å². The van der Waals surface area contributed by atoms with Gasteiger partial charge in [-0.25, -0.2) is 9.97 Å². The van der Waals surface area contributed by atoms with Gasteiger partial charge in [-0.2, -0.15) is 0 Å². The molecule has 28 heavy (non-hydrogen) atoms. The third-order valence-electron chi connectivity index (χ3n) is 4.85. The van der Waals surface area contributed by atoms with Crippen LogP contribution in [0.15, 0.2) is 42.5 Å². The number of carbonyl (C=O) groups is 1. The van der Waals surface area contributed by atoms with Crippen molar-refractivity contribution < 1.29 is 9.53 Å². The number of ether oxygens (including phenoxy) is 1. The zero-order valence-electron chi connectivity index (χ0n) is 16.3. The van der Waals surface area contributed by atoms with Crippen LogP contribution >= 0.6 is 0 Å². The summed E-state index contributed by atoms with van der Waals surface area (Å²) >= 11 is 0. The molecule has 0 aliphatic rings. The monoisotopic (exact) mass is 377 g/mol. The fourth-order valence-corrected chi connectivity index (χ4v) is 3.61. The lowest BCUT2D eigenvalue weighted by molar-refractivity contribution is -0.116. The number of para-hydroxylation sites is 2. The Kier molecular flexibility index (Phi) is 4.83. The van der Waals surface area contributed by atoms with Crippen molar-refractivity contribution in [2.24, 2.45) is 0 Å². The molecular formula is C21H23N5O2. The van der Waals surface area contributed by atoms with Gasteiger partial charge in [0.05, 0.1) is 22.1 Å². The molecule has 1 N–H and O–H groups in total. The zero-order valence-corrected chi connectivity index (χ0v) is 16.3. The minimum atomic E-state index is -0.119. The molecule has 4 aromatic rings. The maximum absolute atomic E-state index is 12.7. The molecule has 7 nitrogen and oxygen atoms in total. The fraction of sp³-hybridized carbons (Fsp3) is 0.286. The van der Waals surface area contributed by atoms with Gasteiger partial charge in [0.2, 0.25) is 5.91 Å². The van der Waals surface area contributed by atoms with Crippen LogP contribution in [0, 0.1) is 6.92 Å². The number of hydrogen-bond acceptors (Lipinski definition) is 4. The van der Waals surface area contributed by atoms with Crippen molar-refractivity contribution in [1.29, 1.82) is 0 Å². The van der Waals surface area contributed by atoms with Crippen LogP contribution in [0.2, 0.25) is 0 Å². The molecule has 2 aromatic carbocycles. The Morgan fingerprint density at radius 1 is 1.07 bits per heavy atom. The normalized spacial score (nSPS) is 11.4. The summed E-state index contributed by atoms with van der Waals surface area (Å²) in [5.41, 5.74) is 4.45. The van der Waals surface area contributed by atoms with Gasteiger partial charge < -0.3 is 19.2 Å². The van der Waals surface area contributed by atoms with E-state index in [4.69, 9.17) is 4.74 Å². The number of rotatable bonds is 6. The standard InChI is InChI=1S/C21H23N5O2/c1-4-25-14(2)22-17-11-15(9-10-19(17)25)23-21(27)12-26-18-8-6-5-7-16(18)24-20(26)13-28-3/h5-11H,4,12-13H2,1-3H3,(H,23,27). The highest BCUT2D eigenvalue weighted by atomic mass is 16.5. The summed E-state index contributed by atoms with van der Waals surface area (Å²) in [4.78, 5) is 21.9. The first-order chi connectivity index (χ1) is 13.6. The number of anilines is 1. The number of benzene rings is 2. The second-order valence-electron chi connectivity index (χ2n) is 6.69. The molecule has 4 rings (SSSR count). The summed E-state index contributed by atoms with van der Waals surface area (Å²) in [6.45, 7) is 5.46. The number of imidazole rings is 2. The van der Waals surface area contributed by atoms with Crippen LogP contribution in [-0.4, -0.2) is 32.1 Å². The molecule has 0 saturated heterocycles. The van der Waals surface area contributed by atoms with Gasteiger partial charge in [0.25, 0.3) is 0 Å². The van der Waals surface area contributed by atoms with Crippen LogP contribution in [0.4, 0.5) is 5.69 Å². The smallest absolute Gasteiger partial charge is 0.244 e.